The Morgan fingerprint density at radius 2 is 1.92 bits per heavy atom. The molecule has 2 N–H and O–H groups in total. The molecule has 1 atom stereocenters. The van der Waals surface area contributed by atoms with Gasteiger partial charge in [0, 0.05) is 5.92 Å². The van der Waals surface area contributed by atoms with Crippen LogP contribution >= 0.6 is 0 Å². The molecule has 1 aliphatic rings. The normalized spacial score (nSPS) is 18.0. The maximum absolute atomic E-state index is 11.5. The molecule has 3 rings (SSSR count). The quantitative estimate of drug-likeness (QED) is 0.856. The molecule has 2 aromatic rings. The SMILES string of the molecule is CCC(C)(C)n1nnnc1[C@H](c1ccccc1)N1CCC(C(N)=O)CC1. The molecule has 7 nitrogen and oxygen atoms in total. The first-order valence-electron chi connectivity index (χ1n) is 9.31. The number of aromatic nitrogens is 4. The van der Waals surface area contributed by atoms with E-state index < -0.39 is 0 Å². The first-order valence-corrected chi connectivity index (χ1v) is 9.31. The van der Waals surface area contributed by atoms with E-state index in [-0.39, 0.29) is 23.4 Å². The van der Waals surface area contributed by atoms with Gasteiger partial charge in [0.2, 0.25) is 5.91 Å². The maximum Gasteiger partial charge on any atom is 0.220 e. The van der Waals surface area contributed by atoms with Crippen molar-refractivity contribution in [1.82, 2.24) is 25.1 Å². The average Bonchev–Trinajstić information content (AvgIpc) is 3.13. The van der Waals surface area contributed by atoms with Crippen LogP contribution in [-0.4, -0.2) is 44.1 Å². The summed E-state index contributed by atoms with van der Waals surface area (Å²) in [6.45, 7) is 8.03. The molecule has 26 heavy (non-hydrogen) atoms. The second-order valence-electron chi connectivity index (χ2n) is 7.64. The van der Waals surface area contributed by atoms with Crippen LogP contribution < -0.4 is 5.73 Å². The zero-order chi connectivity index (χ0) is 18.7. The lowest BCUT2D eigenvalue weighted by Gasteiger charge is -2.37. The van der Waals surface area contributed by atoms with E-state index >= 15 is 0 Å². The Labute approximate surface area is 154 Å². The van der Waals surface area contributed by atoms with Crippen LogP contribution in [0.25, 0.3) is 0 Å². The molecular weight excluding hydrogens is 328 g/mol. The van der Waals surface area contributed by atoms with E-state index in [1.807, 2.05) is 22.9 Å². The van der Waals surface area contributed by atoms with E-state index in [2.05, 4.69) is 53.3 Å². The summed E-state index contributed by atoms with van der Waals surface area (Å²) in [5.74, 6) is 0.615. The zero-order valence-electron chi connectivity index (χ0n) is 15.8. The van der Waals surface area contributed by atoms with Gasteiger partial charge < -0.3 is 5.73 Å². The molecule has 2 heterocycles. The fraction of sp³-hybridized carbons (Fsp3) is 0.579. The highest BCUT2D eigenvalue weighted by Crippen LogP contribution is 2.33. The molecule has 1 saturated heterocycles. The highest BCUT2D eigenvalue weighted by atomic mass is 16.1. The second-order valence-corrected chi connectivity index (χ2v) is 7.64. The van der Waals surface area contributed by atoms with Gasteiger partial charge in [-0.05, 0) is 62.2 Å². The third-order valence-corrected chi connectivity index (χ3v) is 5.59. The minimum atomic E-state index is -0.196. The summed E-state index contributed by atoms with van der Waals surface area (Å²) in [6.07, 6.45) is 2.48. The van der Waals surface area contributed by atoms with Crippen molar-refractivity contribution in [2.45, 2.75) is 51.6 Å². The predicted octanol–water partition coefficient (Wildman–Crippen LogP) is 2.10. The summed E-state index contributed by atoms with van der Waals surface area (Å²) in [5.41, 5.74) is 6.49. The number of carbonyl (C=O) groups excluding carboxylic acids is 1. The molecule has 140 valence electrons. The highest BCUT2D eigenvalue weighted by Gasteiger charge is 2.35. The number of tetrazole rings is 1. The van der Waals surface area contributed by atoms with Gasteiger partial charge in [-0.1, -0.05) is 37.3 Å². The number of piperidine rings is 1. The van der Waals surface area contributed by atoms with Gasteiger partial charge in [-0.2, -0.15) is 0 Å². The van der Waals surface area contributed by atoms with E-state index in [1.54, 1.807) is 0 Å². The van der Waals surface area contributed by atoms with Crippen molar-refractivity contribution in [2.75, 3.05) is 13.1 Å². The van der Waals surface area contributed by atoms with Gasteiger partial charge in [0.25, 0.3) is 0 Å². The molecule has 1 aromatic carbocycles. The molecule has 0 spiro atoms. The predicted molar refractivity (Wildman–Crippen MR) is 99.2 cm³/mol. The Bertz CT molecular complexity index is 733. The summed E-state index contributed by atoms with van der Waals surface area (Å²) in [5, 5.41) is 12.7. The van der Waals surface area contributed by atoms with Crippen LogP contribution in [0.4, 0.5) is 0 Å². The number of hydrogen-bond acceptors (Lipinski definition) is 5. The largest absolute Gasteiger partial charge is 0.369 e. The monoisotopic (exact) mass is 356 g/mol. The van der Waals surface area contributed by atoms with Gasteiger partial charge >= 0.3 is 0 Å². The van der Waals surface area contributed by atoms with Crippen LogP contribution in [0.3, 0.4) is 0 Å². The average molecular weight is 356 g/mol. The standard InChI is InChI=1S/C19H28N6O/c1-4-19(2,3)25-18(21-22-23-25)16(14-8-6-5-7-9-14)24-12-10-15(11-13-24)17(20)26/h5-9,15-16H,4,10-13H2,1-3H3,(H2,20,26)/t16-/m0/s1. The maximum atomic E-state index is 11.5. The summed E-state index contributed by atoms with van der Waals surface area (Å²) in [6, 6.07) is 10.3. The molecule has 1 aliphatic heterocycles. The number of primary amides is 1. The summed E-state index contributed by atoms with van der Waals surface area (Å²) in [4.78, 5) is 13.9. The third-order valence-electron chi connectivity index (χ3n) is 5.59. The van der Waals surface area contributed by atoms with Crippen molar-refractivity contribution < 1.29 is 4.79 Å². The lowest BCUT2D eigenvalue weighted by molar-refractivity contribution is -0.123. The number of nitrogens with zero attached hydrogens (tertiary/aromatic N) is 5. The molecule has 1 aromatic heterocycles. The smallest absolute Gasteiger partial charge is 0.220 e. The third kappa shape index (κ3) is 3.62. The number of nitrogens with two attached hydrogens (primary N) is 1. The highest BCUT2D eigenvalue weighted by molar-refractivity contribution is 5.76. The Morgan fingerprint density at radius 1 is 1.27 bits per heavy atom. The fourth-order valence-electron chi connectivity index (χ4n) is 3.55. The van der Waals surface area contributed by atoms with E-state index in [9.17, 15) is 4.79 Å². The van der Waals surface area contributed by atoms with E-state index in [4.69, 9.17) is 5.73 Å². The number of carbonyl (C=O) groups is 1. The molecule has 1 amide bonds. The summed E-state index contributed by atoms with van der Waals surface area (Å²) >= 11 is 0. The van der Waals surface area contributed by atoms with Crippen molar-refractivity contribution in [3.05, 3.63) is 41.7 Å². The molecule has 0 saturated carbocycles. The van der Waals surface area contributed by atoms with Crippen LogP contribution in [0.1, 0.15) is 57.5 Å². The lowest BCUT2D eigenvalue weighted by atomic mass is 9.93. The van der Waals surface area contributed by atoms with Gasteiger partial charge in [-0.3, -0.25) is 9.69 Å². The van der Waals surface area contributed by atoms with E-state index in [1.165, 1.54) is 0 Å². The van der Waals surface area contributed by atoms with Crippen molar-refractivity contribution in [3.8, 4) is 0 Å². The molecule has 0 bridgehead atoms. The summed E-state index contributed by atoms with van der Waals surface area (Å²) < 4.78 is 1.95. The number of rotatable bonds is 6. The van der Waals surface area contributed by atoms with Crippen LogP contribution in [0.15, 0.2) is 30.3 Å². The van der Waals surface area contributed by atoms with Gasteiger partial charge in [0.1, 0.15) is 0 Å². The van der Waals surface area contributed by atoms with Gasteiger partial charge in [0.15, 0.2) is 5.82 Å². The minimum absolute atomic E-state index is 0.0362. The number of hydrogen-bond donors (Lipinski definition) is 1. The molecule has 0 unspecified atom stereocenters. The Balaban J connectivity index is 1.97. The topological polar surface area (TPSA) is 89.9 Å². The van der Waals surface area contributed by atoms with Crippen LogP contribution in [0.5, 0.6) is 0 Å². The van der Waals surface area contributed by atoms with Crippen LogP contribution in [0, 0.1) is 5.92 Å². The Hall–Kier alpha value is -2.28. The van der Waals surface area contributed by atoms with Crippen molar-refractivity contribution in [1.29, 1.82) is 0 Å². The molecule has 1 fully saturated rings. The first-order chi connectivity index (χ1) is 12.4. The first kappa shape index (κ1) is 18.5. The number of benzene rings is 1. The molecule has 7 heteroatoms. The van der Waals surface area contributed by atoms with Gasteiger partial charge in [0.05, 0.1) is 11.6 Å². The van der Waals surface area contributed by atoms with E-state index in [0.717, 1.165) is 43.7 Å². The van der Waals surface area contributed by atoms with Crippen molar-refractivity contribution in [3.63, 3.8) is 0 Å². The Morgan fingerprint density at radius 3 is 2.50 bits per heavy atom. The molecule has 0 radical (unpaired) electrons. The lowest BCUT2D eigenvalue weighted by Crippen LogP contribution is -2.42. The van der Waals surface area contributed by atoms with Crippen molar-refractivity contribution >= 4 is 5.91 Å². The summed E-state index contributed by atoms with van der Waals surface area (Å²) in [7, 11) is 0. The van der Waals surface area contributed by atoms with Gasteiger partial charge in [-0.15, -0.1) is 5.10 Å². The second kappa shape index (κ2) is 7.53. The minimum Gasteiger partial charge on any atom is -0.369 e. The zero-order valence-corrected chi connectivity index (χ0v) is 15.8. The van der Waals surface area contributed by atoms with Gasteiger partial charge in [-0.25, -0.2) is 4.68 Å². The number of likely N-dealkylation sites (tertiary alicyclic amines) is 1. The fourth-order valence-corrected chi connectivity index (χ4v) is 3.55. The Kier molecular flexibility index (Phi) is 5.36. The number of amides is 1. The molecular formula is C19H28N6O. The van der Waals surface area contributed by atoms with Crippen LogP contribution in [0.2, 0.25) is 0 Å². The van der Waals surface area contributed by atoms with Crippen molar-refractivity contribution in [2.24, 2.45) is 11.7 Å². The van der Waals surface area contributed by atoms with Crippen LogP contribution in [-0.2, 0) is 10.3 Å². The van der Waals surface area contributed by atoms with E-state index in [0.29, 0.717) is 0 Å². The molecule has 0 aliphatic carbocycles.